The van der Waals surface area contributed by atoms with Crippen molar-refractivity contribution in [3.05, 3.63) is 47.9 Å². The van der Waals surface area contributed by atoms with Crippen LogP contribution in [0.15, 0.2) is 40.9 Å². The number of anilines is 1. The van der Waals surface area contributed by atoms with Gasteiger partial charge < -0.3 is 14.6 Å². The van der Waals surface area contributed by atoms with Crippen molar-refractivity contribution >= 4 is 17.7 Å². The van der Waals surface area contributed by atoms with Crippen molar-refractivity contribution in [3.63, 3.8) is 0 Å². The van der Waals surface area contributed by atoms with Gasteiger partial charge in [0.15, 0.2) is 11.5 Å². The number of aromatic nitrogens is 1. The molecular weight excluding hydrogens is 341 g/mol. The molecular formula is C18H20FN3O4. The van der Waals surface area contributed by atoms with E-state index in [0.717, 1.165) is 12.8 Å². The van der Waals surface area contributed by atoms with Crippen LogP contribution >= 0.6 is 0 Å². The second-order valence-electron chi connectivity index (χ2n) is 5.94. The molecule has 0 spiro atoms. The molecule has 0 aliphatic carbocycles. The van der Waals surface area contributed by atoms with Gasteiger partial charge in [0, 0.05) is 18.3 Å². The molecule has 7 nitrogen and oxygen atoms in total. The number of carbonyl (C=O) groups is 2. The van der Waals surface area contributed by atoms with E-state index >= 15 is 0 Å². The number of nitrogens with zero attached hydrogens (tertiary/aromatic N) is 2. The number of ether oxygens (including phenoxy) is 1. The van der Waals surface area contributed by atoms with Gasteiger partial charge in [-0.05, 0) is 31.4 Å². The van der Waals surface area contributed by atoms with Gasteiger partial charge in [-0.2, -0.15) is 0 Å². The molecule has 138 valence electrons. The molecule has 0 bridgehead atoms. The molecule has 2 aromatic rings. The van der Waals surface area contributed by atoms with Crippen LogP contribution in [0.4, 0.5) is 14.9 Å². The highest BCUT2D eigenvalue weighted by atomic mass is 19.1. The SMILES string of the molecule is O=C(Nc1ccccc1)c1cc(C2CCCCN2C(=O)OCCF)on1. The lowest BCUT2D eigenvalue weighted by atomic mass is 10.0. The van der Waals surface area contributed by atoms with E-state index in [1.54, 1.807) is 12.1 Å². The van der Waals surface area contributed by atoms with Crippen molar-refractivity contribution in [1.82, 2.24) is 10.1 Å². The number of carbonyl (C=O) groups excluding carboxylic acids is 2. The van der Waals surface area contributed by atoms with Crippen LogP contribution in [0, 0.1) is 0 Å². The van der Waals surface area contributed by atoms with Crippen molar-refractivity contribution in [2.75, 3.05) is 25.1 Å². The van der Waals surface area contributed by atoms with Gasteiger partial charge in [0.25, 0.3) is 5.91 Å². The Kier molecular flexibility index (Phi) is 5.83. The number of piperidine rings is 1. The Balaban J connectivity index is 1.70. The molecule has 1 saturated heterocycles. The summed E-state index contributed by atoms with van der Waals surface area (Å²) >= 11 is 0. The zero-order valence-corrected chi connectivity index (χ0v) is 14.2. The molecule has 1 aromatic carbocycles. The Morgan fingerprint density at radius 3 is 2.88 bits per heavy atom. The molecule has 1 aliphatic rings. The van der Waals surface area contributed by atoms with Gasteiger partial charge in [-0.1, -0.05) is 23.4 Å². The first-order valence-electron chi connectivity index (χ1n) is 8.51. The zero-order chi connectivity index (χ0) is 18.4. The largest absolute Gasteiger partial charge is 0.447 e. The number of hydrogen-bond donors (Lipinski definition) is 1. The molecule has 26 heavy (non-hydrogen) atoms. The minimum absolute atomic E-state index is 0.131. The van der Waals surface area contributed by atoms with Crippen molar-refractivity contribution in [3.8, 4) is 0 Å². The smallest absolute Gasteiger partial charge is 0.410 e. The van der Waals surface area contributed by atoms with Crippen LogP contribution < -0.4 is 5.32 Å². The van der Waals surface area contributed by atoms with E-state index in [1.807, 2.05) is 18.2 Å². The summed E-state index contributed by atoms with van der Waals surface area (Å²) in [5.41, 5.74) is 0.780. The number of nitrogens with one attached hydrogen (secondary N) is 1. The third-order valence-corrected chi connectivity index (χ3v) is 4.16. The topological polar surface area (TPSA) is 84.7 Å². The standard InChI is InChI=1S/C18H20FN3O4/c19-9-11-25-18(24)22-10-5-4-8-15(22)16-12-14(21-26-16)17(23)20-13-6-2-1-3-7-13/h1-3,6-7,12,15H,4-5,8-11H2,(H,20,23). The zero-order valence-electron chi connectivity index (χ0n) is 14.2. The molecule has 0 radical (unpaired) electrons. The summed E-state index contributed by atoms with van der Waals surface area (Å²) in [6.45, 7) is -0.512. The van der Waals surface area contributed by atoms with Crippen LogP contribution in [0.2, 0.25) is 0 Å². The number of rotatable bonds is 5. The van der Waals surface area contributed by atoms with Gasteiger partial charge in [0.1, 0.15) is 13.3 Å². The van der Waals surface area contributed by atoms with E-state index in [9.17, 15) is 14.0 Å². The maximum Gasteiger partial charge on any atom is 0.410 e. The molecule has 1 N–H and O–H groups in total. The Hall–Kier alpha value is -2.90. The van der Waals surface area contributed by atoms with Crippen LogP contribution in [0.25, 0.3) is 0 Å². The fourth-order valence-electron chi connectivity index (χ4n) is 2.92. The lowest BCUT2D eigenvalue weighted by Gasteiger charge is -2.33. The van der Waals surface area contributed by atoms with Crippen molar-refractivity contribution < 1.29 is 23.2 Å². The molecule has 1 fully saturated rings. The van der Waals surface area contributed by atoms with Crippen LogP contribution in [0.3, 0.4) is 0 Å². The highest BCUT2D eigenvalue weighted by molar-refractivity contribution is 6.02. The van der Waals surface area contributed by atoms with Gasteiger partial charge in [-0.25, -0.2) is 9.18 Å². The lowest BCUT2D eigenvalue weighted by Crippen LogP contribution is -2.39. The van der Waals surface area contributed by atoms with E-state index < -0.39 is 18.7 Å². The highest BCUT2D eigenvalue weighted by Gasteiger charge is 2.32. The quantitative estimate of drug-likeness (QED) is 0.880. The molecule has 1 aliphatic heterocycles. The summed E-state index contributed by atoms with van der Waals surface area (Å²) in [6, 6.07) is 10.2. The molecule has 1 atom stereocenters. The molecule has 3 rings (SSSR count). The Morgan fingerprint density at radius 2 is 2.12 bits per heavy atom. The van der Waals surface area contributed by atoms with E-state index in [4.69, 9.17) is 9.26 Å². The Bertz CT molecular complexity index is 750. The predicted octanol–water partition coefficient (Wildman–Crippen LogP) is 3.56. The van der Waals surface area contributed by atoms with Gasteiger partial charge in [-0.3, -0.25) is 9.69 Å². The van der Waals surface area contributed by atoms with E-state index in [2.05, 4.69) is 10.5 Å². The summed E-state index contributed by atoms with van der Waals surface area (Å²) in [5.74, 6) is 0.0219. The molecule has 2 amide bonds. The average Bonchev–Trinajstić information content (AvgIpc) is 3.17. The van der Waals surface area contributed by atoms with Gasteiger partial charge in [0.05, 0.1) is 6.04 Å². The molecule has 8 heteroatoms. The summed E-state index contributed by atoms with van der Waals surface area (Å²) < 4.78 is 22.4. The van der Waals surface area contributed by atoms with Gasteiger partial charge in [0.2, 0.25) is 0 Å². The third-order valence-electron chi connectivity index (χ3n) is 4.16. The minimum atomic E-state index is -0.726. The second-order valence-corrected chi connectivity index (χ2v) is 5.94. The number of hydrogen-bond acceptors (Lipinski definition) is 5. The molecule has 0 saturated carbocycles. The number of halogens is 1. The number of amides is 2. The first kappa shape index (κ1) is 17.9. The minimum Gasteiger partial charge on any atom is -0.447 e. The number of alkyl halides is 1. The first-order valence-corrected chi connectivity index (χ1v) is 8.51. The monoisotopic (exact) mass is 361 g/mol. The average molecular weight is 361 g/mol. The van der Waals surface area contributed by atoms with Crippen LogP contribution in [-0.4, -0.2) is 41.9 Å². The lowest BCUT2D eigenvalue weighted by molar-refractivity contribution is 0.0616. The van der Waals surface area contributed by atoms with E-state index in [-0.39, 0.29) is 18.3 Å². The highest BCUT2D eigenvalue weighted by Crippen LogP contribution is 2.32. The van der Waals surface area contributed by atoms with Gasteiger partial charge >= 0.3 is 6.09 Å². The maximum atomic E-state index is 12.3. The van der Waals surface area contributed by atoms with E-state index in [0.29, 0.717) is 24.4 Å². The molecule has 1 unspecified atom stereocenters. The fourth-order valence-corrected chi connectivity index (χ4v) is 2.92. The second kappa shape index (κ2) is 8.46. The Labute approximate surface area is 150 Å². The predicted molar refractivity (Wildman–Crippen MR) is 91.5 cm³/mol. The van der Waals surface area contributed by atoms with Crippen molar-refractivity contribution in [2.45, 2.75) is 25.3 Å². The van der Waals surface area contributed by atoms with Crippen LogP contribution in [0.5, 0.6) is 0 Å². The first-order chi connectivity index (χ1) is 12.7. The van der Waals surface area contributed by atoms with Crippen LogP contribution in [-0.2, 0) is 4.74 Å². The molecule has 2 heterocycles. The summed E-state index contributed by atoms with van der Waals surface area (Å²) in [6.07, 6.45) is 1.82. The van der Waals surface area contributed by atoms with Gasteiger partial charge in [-0.15, -0.1) is 0 Å². The summed E-state index contributed by atoms with van der Waals surface area (Å²) in [5, 5.41) is 6.55. The maximum absolute atomic E-state index is 12.3. The number of likely N-dealkylation sites (tertiary alicyclic amines) is 1. The van der Waals surface area contributed by atoms with E-state index in [1.165, 1.54) is 11.0 Å². The third kappa shape index (κ3) is 4.19. The number of para-hydroxylation sites is 1. The van der Waals surface area contributed by atoms with Crippen molar-refractivity contribution in [1.29, 1.82) is 0 Å². The summed E-state index contributed by atoms with van der Waals surface area (Å²) in [4.78, 5) is 25.9. The fraction of sp³-hybridized carbons (Fsp3) is 0.389. The molecule has 1 aromatic heterocycles. The summed E-state index contributed by atoms with van der Waals surface area (Å²) in [7, 11) is 0. The normalized spacial score (nSPS) is 17.0. The van der Waals surface area contributed by atoms with Crippen LogP contribution in [0.1, 0.15) is 41.6 Å². The number of benzene rings is 1. The van der Waals surface area contributed by atoms with Crippen molar-refractivity contribution in [2.24, 2.45) is 0 Å². The Morgan fingerprint density at radius 1 is 1.31 bits per heavy atom.